The van der Waals surface area contributed by atoms with Gasteiger partial charge < -0.3 is 14.8 Å². The van der Waals surface area contributed by atoms with E-state index in [4.69, 9.17) is 9.47 Å². The fourth-order valence-corrected chi connectivity index (χ4v) is 4.33. The molecule has 3 rings (SSSR count). The topological polar surface area (TPSA) is 64.6 Å². The van der Waals surface area contributed by atoms with E-state index in [1.165, 1.54) is 0 Å². The highest BCUT2D eigenvalue weighted by molar-refractivity contribution is 6.04. The van der Waals surface area contributed by atoms with Gasteiger partial charge in [-0.1, -0.05) is 26.0 Å². The van der Waals surface area contributed by atoms with Gasteiger partial charge in [0.05, 0.1) is 19.3 Å². The van der Waals surface area contributed by atoms with Crippen molar-refractivity contribution in [3.63, 3.8) is 0 Å². The smallest absolute Gasteiger partial charge is 0.336 e. The van der Waals surface area contributed by atoms with Crippen LogP contribution < -0.4 is 10.1 Å². The summed E-state index contributed by atoms with van der Waals surface area (Å²) in [5.41, 5.74) is 4.64. The molecule has 0 fully saturated rings. The third kappa shape index (κ3) is 3.58. The van der Waals surface area contributed by atoms with Gasteiger partial charge in [-0.25, -0.2) is 4.79 Å². The lowest BCUT2D eigenvalue weighted by Gasteiger charge is -2.39. The summed E-state index contributed by atoms with van der Waals surface area (Å²) in [4.78, 5) is 26.0. The van der Waals surface area contributed by atoms with Gasteiger partial charge in [-0.05, 0) is 49.8 Å². The lowest BCUT2D eigenvalue weighted by Crippen LogP contribution is -2.38. The summed E-state index contributed by atoms with van der Waals surface area (Å²) in [6.07, 6.45) is 1.24. The standard InChI is InChI=1S/C23H29NO4/c1-7-28-22(26)19-14(3)24-16-11-23(4,5)12-17(25)21(16)20(19)15-8-9-18(27-6)13(2)10-15/h8-10,20,24H,7,11-12H2,1-6H3/t20-/m1/s1. The molecule has 0 unspecified atom stereocenters. The van der Waals surface area contributed by atoms with Gasteiger partial charge in [-0.2, -0.15) is 0 Å². The molecule has 1 N–H and O–H groups in total. The Morgan fingerprint density at radius 1 is 1.25 bits per heavy atom. The van der Waals surface area contributed by atoms with Crippen molar-refractivity contribution >= 4 is 11.8 Å². The molecule has 1 aliphatic heterocycles. The van der Waals surface area contributed by atoms with Crippen LogP contribution in [0.4, 0.5) is 0 Å². The molecule has 1 aromatic rings. The molecule has 0 aromatic heterocycles. The largest absolute Gasteiger partial charge is 0.496 e. The maximum Gasteiger partial charge on any atom is 0.336 e. The van der Waals surface area contributed by atoms with Gasteiger partial charge in [0.15, 0.2) is 5.78 Å². The van der Waals surface area contributed by atoms with Crippen molar-refractivity contribution in [2.45, 2.75) is 53.4 Å². The number of hydrogen-bond donors (Lipinski definition) is 1. The second-order valence-electron chi connectivity index (χ2n) is 8.38. The van der Waals surface area contributed by atoms with Gasteiger partial charge in [0.1, 0.15) is 5.75 Å². The Morgan fingerprint density at radius 2 is 1.96 bits per heavy atom. The first-order valence-electron chi connectivity index (χ1n) is 9.74. The summed E-state index contributed by atoms with van der Waals surface area (Å²) in [7, 11) is 1.63. The number of methoxy groups -OCH3 is 1. The molecular formula is C23H29NO4. The fourth-order valence-electron chi connectivity index (χ4n) is 4.33. The molecule has 2 aliphatic rings. The van der Waals surface area contributed by atoms with E-state index < -0.39 is 5.92 Å². The monoisotopic (exact) mass is 383 g/mol. The highest BCUT2D eigenvalue weighted by Gasteiger charge is 2.43. The summed E-state index contributed by atoms with van der Waals surface area (Å²) >= 11 is 0. The van der Waals surface area contributed by atoms with Crippen LogP contribution in [-0.2, 0) is 14.3 Å². The first-order valence-corrected chi connectivity index (χ1v) is 9.74. The molecule has 1 aromatic carbocycles. The number of ether oxygens (including phenoxy) is 2. The highest BCUT2D eigenvalue weighted by atomic mass is 16.5. The Hall–Kier alpha value is -2.56. The minimum atomic E-state index is -0.427. The van der Waals surface area contributed by atoms with E-state index in [2.05, 4.69) is 19.2 Å². The van der Waals surface area contributed by atoms with Crippen LogP contribution in [0.3, 0.4) is 0 Å². The molecule has 0 radical (unpaired) electrons. The van der Waals surface area contributed by atoms with Crippen molar-refractivity contribution in [3.8, 4) is 5.75 Å². The number of aryl methyl sites for hydroxylation is 1. The van der Waals surface area contributed by atoms with Crippen LogP contribution in [0.15, 0.2) is 40.7 Å². The van der Waals surface area contributed by atoms with Gasteiger partial charge in [0, 0.05) is 29.3 Å². The number of nitrogens with one attached hydrogen (secondary N) is 1. The van der Waals surface area contributed by atoms with Crippen LogP contribution in [0.2, 0.25) is 0 Å². The zero-order valence-electron chi connectivity index (χ0n) is 17.6. The summed E-state index contributed by atoms with van der Waals surface area (Å²) in [5.74, 6) is 0.0616. The summed E-state index contributed by atoms with van der Waals surface area (Å²) in [6, 6.07) is 5.83. The quantitative estimate of drug-likeness (QED) is 0.791. The van der Waals surface area contributed by atoms with E-state index in [-0.39, 0.29) is 23.8 Å². The number of benzene rings is 1. The Bertz CT molecular complexity index is 892. The Morgan fingerprint density at radius 3 is 2.57 bits per heavy atom. The molecule has 0 bridgehead atoms. The molecular weight excluding hydrogens is 354 g/mol. The van der Waals surface area contributed by atoms with E-state index in [1.807, 2.05) is 32.0 Å². The first kappa shape index (κ1) is 20.2. The van der Waals surface area contributed by atoms with Crippen LogP contribution in [0.1, 0.15) is 57.6 Å². The van der Waals surface area contributed by atoms with E-state index in [0.29, 0.717) is 17.6 Å². The lowest BCUT2D eigenvalue weighted by atomic mass is 9.68. The SMILES string of the molecule is CCOC(=O)C1=C(C)NC2=C(C(=O)CC(C)(C)C2)[C@@H]1c1ccc(OC)c(C)c1. The predicted molar refractivity (Wildman–Crippen MR) is 108 cm³/mol. The number of ketones is 1. The van der Waals surface area contributed by atoms with Crippen LogP contribution in [0.25, 0.3) is 0 Å². The van der Waals surface area contributed by atoms with E-state index in [0.717, 1.165) is 34.7 Å². The van der Waals surface area contributed by atoms with E-state index >= 15 is 0 Å². The van der Waals surface area contributed by atoms with Gasteiger partial charge in [0.2, 0.25) is 0 Å². The molecule has 1 heterocycles. The molecule has 1 atom stereocenters. The predicted octanol–water partition coefficient (Wildman–Crippen LogP) is 4.17. The molecule has 1 aliphatic carbocycles. The number of dihydropyridines is 1. The van der Waals surface area contributed by atoms with Crippen molar-refractivity contribution in [2.75, 3.05) is 13.7 Å². The van der Waals surface area contributed by atoms with Gasteiger partial charge in [-0.15, -0.1) is 0 Å². The normalized spacial score (nSPS) is 21.2. The van der Waals surface area contributed by atoms with Crippen molar-refractivity contribution in [2.24, 2.45) is 5.41 Å². The number of Topliss-reactive ketones (excluding diaryl/α,β-unsaturated/α-hetero) is 1. The molecule has 5 heteroatoms. The Kier molecular flexibility index (Phi) is 5.37. The van der Waals surface area contributed by atoms with Crippen molar-refractivity contribution in [1.82, 2.24) is 5.32 Å². The average molecular weight is 383 g/mol. The zero-order chi connectivity index (χ0) is 20.6. The van der Waals surface area contributed by atoms with Crippen molar-refractivity contribution < 1.29 is 19.1 Å². The van der Waals surface area contributed by atoms with Crippen LogP contribution in [0.5, 0.6) is 5.75 Å². The minimum Gasteiger partial charge on any atom is -0.496 e. The maximum atomic E-state index is 13.2. The van der Waals surface area contributed by atoms with Gasteiger partial charge in [0.25, 0.3) is 0 Å². The highest BCUT2D eigenvalue weighted by Crippen LogP contribution is 2.47. The van der Waals surface area contributed by atoms with Gasteiger partial charge >= 0.3 is 5.97 Å². The number of esters is 1. The lowest BCUT2D eigenvalue weighted by molar-refractivity contribution is -0.138. The van der Waals surface area contributed by atoms with E-state index in [1.54, 1.807) is 14.0 Å². The zero-order valence-corrected chi connectivity index (χ0v) is 17.6. The molecule has 0 amide bonds. The molecule has 0 saturated carbocycles. The minimum absolute atomic E-state index is 0.0894. The second kappa shape index (κ2) is 7.46. The molecule has 150 valence electrons. The third-order valence-corrected chi connectivity index (χ3v) is 5.49. The Balaban J connectivity index is 2.19. The molecule has 28 heavy (non-hydrogen) atoms. The number of rotatable bonds is 4. The third-order valence-electron chi connectivity index (χ3n) is 5.49. The fraction of sp³-hybridized carbons (Fsp3) is 0.478. The summed E-state index contributed by atoms with van der Waals surface area (Å²) in [6.45, 7) is 10.1. The van der Waals surface area contributed by atoms with E-state index in [9.17, 15) is 9.59 Å². The molecule has 5 nitrogen and oxygen atoms in total. The average Bonchev–Trinajstić information content (AvgIpc) is 2.59. The summed E-state index contributed by atoms with van der Waals surface area (Å²) < 4.78 is 10.7. The van der Waals surface area contributed by atoms with Crippen LogP contribution in [0, 0.1) is 12.3 Å². The number of carbonyl (C=O) groups excluding carboxylic acids is 2. The molecule has 0 saturated heterocycles. The van der Waals surface area contributed by atoms with Crippen molar-refractivity contribution in [1.29, 1.82) is 0 Å². The van der Waals surface area contributed by atoms with Crippen LogP contribution in [-0.4, -0.2) is 25.5 Å². The molecule has 0 spiro atoms. The van der Waals surface area contributed by atoms with Crippen molar-refractivity contribution in [3.05, 3.63) is 51.9 Å². The van der Waals surface area contributed by atoms with Gasteiger partial charge in [-0.3, -0.25) is 4.79 Å². The second-order valence-corrected chi connectivity index (χ2v) is 8.38. The first-order chi connectivity index (χ1) is 13.2. The maximum absolute atomic E-state index is 13.2. The number of carbonyl (C=O) groups is 2. The van der Waals surface area contributed by atoms with Crippen LogP contribution >= 0.6 is 0 Å². The number of allylic oxidation sites excluding steroid dienone is 3. The summed E-state index contributed by atoms with van der Waals surface area (Å²) in [5, 5.41) is 3.34. The Labute approximate surface area is 166 Å². The number of hydrogen-bond acceptors (Lipinski definition) is 5.